The van der Waals surface area contributed by atoms with E-state index in [9.17, 15) is 0 Å². The fourth-order valence-corrected chi connectivity index (χ4v) is 2.95. The van der Waals surface area contributed by atoms with E-state index >= 15 is 0 Å². The van der Waals surface area contributed by atoms with E-state index in [4.69, 9.17) is 14.7 Å². The van der Waals surface area contributed by atoms with Gasteiger partial charge in [0.1, 0.15) is 11.6 Å². The van der Waals surface area contributed by atoms with Crippen LogP contribution in [0.4, 0.5) is 5.82 Å². The Morgan fingerprint density at radius 3 is 2.67 bits per heavy atom. The summed E-state index contributed by atoms with van der Waals surface area (Å²) in [7, 11) is 3.62. The molecule has 1 heterocycles. The average Bonchev–Trinajstić information content (AvgIpc) is 2.53. The molecule has 21 heavy (non-hydrogen) atoms. The molecule has 1 aliphatic carbocycles. The van der Waals surface area contributed by atoms with Crippen molar-refractivity contribution < 1.29 is 4.74 Å². The fraction of sp³-hybridized carbons (Fsp3) is 0.412. The van der Waals surface area contributed by atoms with E-state index in [1.807, 2.05) is 26.1 Å². The van der Waals surface area contributed by atoms with Crippen LogP contribution in [0, 0.1) is 6.92 Å². The first-order valence-corrected chi connectivity index (χ1v) is 7.45. The van der Waals surface area contributed by atoms with E-state index in [1.165, 1.54) is 24.1 Å². The van der Waals surface area contributed by atoms with E-state index in [-0.39, 0.29) is 0 Å². The number of nitrogens with one attached hydrogen (secondary N) is 1. The molecule has 110 valence electrons. The molecule has 0 atom stereocenters. The van der Waals surface area contributed by atoms with Gasteiger partial charge in [-0.1, -0.05) is 0 Å². The largest absolute Gasteiger partial charge is 0.496 e. The minimum absolute atomic E-state index is 0.797. The number of benzene rings is 1. The third kappa shape index (κ3) is 2.58. The second-order valence-corrected chi connectivity index (χ2v) is 5.46. The summed E-state index contributed by atoms with van der Waals surface area (Å²) >= 11 is 0. The summed E-state index contributed by atoms with van der Waals surface area (Å²) in [6, 6.07) is 6.09. The van der Waals surface area contributed by atoms with Gasteiger partial charge in [0, 0.05) is 23.9 Å². The molecule has 1 aromatic carbocycles. The number of methoxy groups -OCH3 is 1. The van der Waals surface area contributed by atoms with Gasteiger partial charge in [-0.05, 0) is 56.4 Å². The van der Waals surface area contributed by atoms with E-state index in [0.717, 1.165) is 41.4 Å². The zero-order valence-electron chi connectivity index (χ0n) is 12.9. The smallest absolute Gasteiger partial charge is 0.161 e. The molecule has 0 radical (unpaired) electrons. The minimum atomic E-state index is 0.797. The molecule has 4 nitrogen and oxygen atoms in total. The number of anilines is 1. The van der Waals surface area contributed by atoms with E-state index < -0.39 is 0 Å². The van der Waals surface area contributed by atoms with Crippen molar-refractivity contribution in [1.29, 1.82) is 0 Å². The topological polar surface area (TPSA) is 47.0 Å². The van der Waals surface area contributed by atoms with Crippen LogP contribution in [-0.2, 0) is 12.8 Å². The molecule has 0 fully saturated rings. The van der Waals surface area contributed by atoms with Crippen LogP contribution in [0.5, 0.6) is 5.75 Å². The first-order chi connectivity index (χ1) is 10.2. The Kier molecular flexibility index (Phi) is 3.78. The van der Waals surface area contributed by atoms with Gasteiger partial charge >= 0.3 is 0 Å². The predicted molar refractivity (Wildman–Crippen MR) is 84.9 cm³/mol. The highest BCUT2D eigenvalue weighted by Gasteiger charge is 2.18. The summed E-state index contributed by atoms with van der Waals surface area (Å²) in [6.07, 6.45) is 4.57. The second-order valence-electron chi connectivity index (χ2n) is 5.46. The number of aromatic nitrogens is 2. The Bertz CT molecular complexity index is 650. The molecule has 0 bridgehead atoms. The van der Waals surface area contributed by atoms with Gasteiger partial charge in [0.2, 0.25) is 0 Å². The zero-order chi connectivity index (χ0) is 14.8. The van der Waals surface area contributed by atoms with Gasteiger partial charge < -0.3 is 10.1 Å². The number of rotatable bonds is 3. The molecule has 0 spiro atoms. The molecule has 0 unspecified atom stereocenters. The molecule has 3 rings (SSSR count). The van der Waals surface area contributed by atoms with E-state index in [2.05, 4.69) is 11.4 Å². The van der Waals surface area contributed by atoms with Crippen molar-refractivity contribution >= 4 is 5.82 Å². The lowest BCUT2D eigenvalue weighted by atomic mass is 9.96. The van der Waals surface area contributed by atoms with Crippen LogP contribution in [0.2, 0.25) is 0 Å². The van der Waals surface area contributed by atoms with Crippen molar-refractivity contribution in [1.82, 2.24) is 9.97 Å². The van der Waals surface area contributed by atoms with Gasteiger partial charge in [0.25, 0.3) is 0 Å². The Morgan fingerprint density at radius 2 is 1.95 bits per heavy atom. The fourth-order valence-electron chi connectivity index (χ4n) is 2.95. The third-order valence-corrected chi connectivity index (χ3v) is 4.07. The van der Waals surface area contributed by atoms with Crippen molar-refractivity contribution in [3.05, 3.63) is 35.0 Å². The van der Waals surface area contributed by atoms with Gasteiger partial charge in [0.05, 0.1) is 7.11 Å². The molecule has 2 aromatic rings. The second kappa shape index (κ2) is 5.72. The minimum Gasteiger partial charge on any atom is -0.496 e. The SMILES string of the molecule is CNc1nc(-c2ccc(OC)c(C)c2)nc2c1CCCC2. The maximum absolute atomic E-state index is 5.32. The van der Waals surface area contributed by atoms with Crippen LogP contribution in [0.3, 0.4) is 0 Å². The third-order valence-electron chi connectivity index (χ3n) is 4.07. The van der Waals surface area contributed by atoms with Gasteiger partial charge in [-0.15, -0.1) is 0 Å². The lowest BCUT2D eigenvalue weighted by molar-refractivity contribution is 0.412. The van der Waals surface area contributed by atoms with Crippen molar-refractivity contribution in [3.8, 4) is 17.1 Å². The molecule has 0 saturated carbocycles. The first kappa shape index (κ1) is 13.9. The van der Waals surface area contributed by atoms with Gasteiger partial charge in [-0.25, -0.2) is 9.97 Å². The summed E-state index contributed by atoms with van der Waals surface area (Å²) in [4.78, 5) is 9.51. The number of ether oxygens (including phenoxy) is 1. The highest BCUT2D eigenvalue weighted by atomic mass is 16.5. The number of hydrogen-bond donors (Lipinski definition) is 1. The lowest BCUT2D eigenvalue weighted by Gasteiger charge is -2.19. The molecular formula is C17H21N3O. The molecular weight excluding hydrogens is 262 g/mol. The summed E-state index contributed by atoms with van der Waals surface area (Å²) < 4.78 is 5.32. The molecule has 0 amide bonds. The highest BCUT2D eigenvalue weighted by molar-refractivity contribution is 5.62. The Balaban J connectivity index is 2.08. The Labute approximate surface area is 125 Å². The summed E-state index contributed by atoms with van der Waals surface area (Å²) in [5.41, 5.74) is 4.63. The summed E-state index contributed by atoms with van der Waals surface area (Å²) in [5, 5.41) is 3.23. The highest BCUT2D eigenvalue weighted by Crippen LogP contribution is 2.29. The lowest BCUT2D eigenvalue weighted by Crippen LogP contribution is -2.12. The van der Waals surface area contributed by atoms with Crippen molar-refractivity contribution in [2.24, 2.45) is 0 Å². The Morgan fingerprint density at radius 1 is 1.14 bits per heavy atom. The molecule has 0 saturated heterocycles. The normalized spacial score (nSPS) is 13.7. The maximum atomic E-state index is 5.32. The van der Waals surface area contributed by atoms with Crippen molar-refractivity contribution in [3.63, 3.8) is 0 Å². The van der Waals surface area contributed by atoms with Crippen molar-refractivity contribution in [2.45, 2.75) is 32.6 Å². The molecule has 0 aliphatic heterocycles. The summed E-state index contributed by atoms with van der Waals surface area (Å²) in [6.45, 7) is 2.04. The van der Waals surface area contributed by atoms with E-state index in [1.54, 1.807) is 7.11 Å². The zero-order valence-corrected chi connectivity index (χ0v) is 12.9. The van der Waals surface area contributed by atoms with Crippen molar-refractivity contribution in [2.75, 3.05) is 19.5 Å². The number of aryl methyl sites for hydroxylation is 2. The summed E-state index contributed by atoms with van der Waals surface area (Å²) in [5.74, 6) is 2.67. The van der Waals surface area contributed by atoms with Crippen LogP contribution < -0.4 is 10.1 Å². The molecule has 1 aliphatic rings. The predicted octanol–water partition coefficient (Wildman–Crippen LogP) is 3.38. The standard InChI is InChI=1S/C17H21N3O/c1-11-10-12(8-9-15(11)21-3)16-19-14-7-5-4-6-13(14)17(18-2)20-16/h8-10H,4-7H2,1-3H3,(H,18,19,20). The van der Waals surface area contributed by atoms with Crippen LogP contribution >= 0.6 is 0 Å². The quantitative estimate of drug-likeness (QED) is 0.938. The number of fused-ring (bicyclic) bond motifs is 1. The van der Waals surface area contributed by atoms with Crippen LogP contribution in [0.15, 0.2) is 18.2 Å². The number of nitrogens with zero attached hydrogens (tertiary/aromatic N) is 2. The van der Waals surface area contributed by atoms with Gasteiger partial charge in [0.15, 0.2) is 5.82 Å². The maximum Gasteiger partial charge on any atom is 0.161 e. The Hall–Kier alpha value is -2.10. The molecule has 1 aromatic heterocycles. The van der Waals surface area contributed by atoms with Crippen LogP contribution in [0.1, 0.15) is 29.7 Å². The van der Waals surface area contributed by atoms with Crippen LogP contribution in [0.25, 0.3) is 11.4 Å². The van der Waals surface area contributed by atoms with E-state index in [0.29, 0.717) is 0 Å². The molecule has 4 heteroatoms. The van der Waals surface area contributed by atoms with Gasteiger partial charge in [-0.2, -0.15) is 0 Å². The van der Waals surface area contributed by atoms with Crippen LogP contribution in [-0.4, -0.2) is 24.1 Å². The first-order valence-electron chi connectivity index (χ1n) is 7.45. The molecule has 1 N–H and O–H groups in total. The average molecular weight is 283 g/mol. The monoisotopic (exact) mass is 283 g/mol. The van der Waals surface area contributed by atoms with Gasteiger partial charge in [-0.3, -0.25) is 0 Å². The number of hydrogen-bond acceptors (Lipinski definition) is 4.